The second-order valence-electron chi connectivity index (χ2n) is 7.76. The summed E-state index contributed by atoms with van der Waals surface area (Å²) in [5.74, 6) is 0.0527. The zero-order valence-corrected chi connectivity index (χ0v) is 17.2. The number of piperazine rings is 1. The third kappa shape index (κ3) is 5.39. The smallest absolute Gasteiger partial charge is 0.319 e. The monoisotopic (exact) mass is 421 g/mol. The van der Waals surface area contributed by atoms with Crippen molar-refractivity contribution in [3.8, 4) is 0 Å². The highest BCUT2D eigenvalue weighted by molar-refractivity contribution is 5.97. The molecule has 1 aliphatic carbocycles. The number of hydrogen-bond acceptors (Lipinski definition) is 4. The Kier molecular flexibility index (Phi) is 6.97. The van der Waals surface area contributed by atoms with Gasteiger partial charge in [-0.3, -0.25) is 9.59 Å². The molecule has 1 aromatic rings. The van der Waals surface area contributed by atoms with Gasteiger partial charge in [-0.05, 0) is 43.9 Å². The molecule has 0 aromatic heterocycles. The summed E-state index contributed by atoms with van der Waals surface area (Å²) in [6.45, 7) is 3.12. The second-order valence-corrected chi connectivity index (χ2v) is 7.76. The number of amides is 4. The summed E-state index contributed by atoms with van der Waals surface area (Å²) < 4.78 is 0. The lowest BCUT2D eigenvalue weighted by Gasteiger charge is -2.41. The van der Waals surface area contributed by atoms with E-state index in [1.807, 2.05) is 9.80 Å². The zero-order valence-electron chi connectivity index (χ0n) is 16.4. The van der Waals surface area contributed by atoms with E-state index in [0.29, 0.717) is 37.4 Å². The van der Waals surface area contributed by atoms with Crippen molar-refractivity contribution in [2.45, 2.75) is 37.8 Å². The molecule has 4 rings (SSSR count). The molecule has 2 saturated heterocycles. The van der Waals surface area contributed by atoms with E-state index in [2.05, 4.69) is 16.0 Å². The van der Waals surface area contributed by atoms with Crippen LogP contribution in [0.4, 0.5) is 10.5 Å². The highest BCUT2D eigenvalue weighted by Crippen LogP contribution is 2.21. The van der Waals surface area contributed by atoms with E-state index >= 15 is 0 Å². The molecule has 8 nitrogen and oxygen atoms in total. The van der Waals surface area contributed by atoms with Crippen molar-refractivity contribution in [1.82, 2.24) is 20.4 Å². The molecule has 1 saturated carbocycles. The maximum Gasteiger partial charge on any atom is 0.319 e. The molecule has 0 bridgehead atoms. The number of likely N-dealkylation sites (tertiary alicyclic amines) is 1. The van der Waals surface area contributed by atoms with Gasteiger partial charge in [0.1, 0.15) is 0 Å². The zero-order chi connectivity index (χ0) is 19.5. The Morgan fingerprint density at radius 1 is 1.14 bits per heavy atom. The van der Waals surface area contributed by atoms with Crippen LogP contribution >= 0.6 is 12.4 Å². The number of benzene rings is 1. The number of carbonyl (C=O) groups excluding carboxylic acids is 3. The van der Waals surface area contributed by atoms with Crippen molar-refractivity contribution in [2.24, 2.45) is 0 Å². The first kappa shape index (κ1) is 21.4. The number of hydrogen-bond donors (Lipinski definition) is 3. The van der Waals surface area contributed by atoms with Gasteiger partial charge < -0.3 is 25.8 Å². The first-order valence-corrected chi connectivity index (χ1v) is 10.1. The summed E-state index contributed by atoms with van der Waals surface area (Å²) >= 11 is 0. The molecule has 9 heteroatoms. The average molecular weight is 422 g/mol. The van der Waals surface area contributed by atoms with Crippen LogP contribution in [0.5, 0.6) is 0 Å². The molecular formula is C20H28ClN5O3. The summed E-state index contributed by atoms with van der Waals surface area (Å²) in [6.07, 6.45) is 3.86. The van der Waals surface area contributed by atoms with E-state index in [-0.39, 0.29) is 42.3 Å². The number of carbonyl (C=O) groups is 3. The Morgan fingerprint density at radius 2 is 1.97 bits per heavy atom. The standard InChI is InChI=1S/C20H27N5O3.ClH/c26-18-12-21-8-10-25(18)17-5-2-9-24(13-17)19(27)14-3-1-4-16(11-14)23-20(28)22-15-6-7-15;/h1,3-4,11,15,17,21H,2,5-10,12-13H2,(H2,22,23,28);1H. The van der Waals surface area contributed by atoms with E-state index < -0.39 is 0 Å². The SMILES string of the molecule is Cl.O=C(Nc1cccc(C(=O)N2CCCC(N3CCNCC3=O)C2)c1)NC1CC1. The Bertz CT molecular complexity index is 770. The molecule has 1 aromatic carbocycles. The van der Waals surface area contributed by atoms with Gasteiger partial charge in [0, 0.05) is 49.5 Å². The molecule has 0 spiro atoms. The van der Waals surface area contributed by atoms with E-state index in [1.165, 1.54) is 0 Å². The van der Waals surface area contributed by atoms with Gasteiger partial charge in [0.25, 0.3) is 5.91 Å². The maximum atomic E-state index is 13.0. The molecular weight excluding hydrogens is 394 g/mol. The number of rotatable bonds is 4. The number of halogens is 1. The van der Waals surface area contributed by atoms with Crippen molar-refractivity contribution in [3.63, 3.8) is 0 Å². The minimum absolute atomic E-state index is 0. The Hall–Kier alpha value is -2.32. The molecule has 1 unspecified atom stereocenters. The summed E-state index contributed by atoms with van der Waals surface area (Å²) in [4.78, 5) is 40.9. The number of anilines is 1. The topological polar surface area (TPSA) is 93.8 Å². The van der Waals surface area contributed by atoms with E-state index in [9.17, 15) is 14.4 Å². The first-order chi connectivity index (χ1) is 13.6. The number of nitrogens with one attached hydrogen (secondary N) is 3. The van der Waals surface area contributed by atoms with Crippen molar-refractivity contribution in [1.29, 1.82) is 0 Å². The minimum atomic E-state index is -0.234. The Labute approximate surface area is 176 Å². The molecule has 4 amide bonds. The lowest BCUT2D eigenvalue weighted by molar-refractivity contribution is -0.135. The van der Waals surface area contributed by atoms with E-state index in [0.717, 1.165) is 32.2 Å². The van der Waals surface area contributed by atoms with Crippen molar-refractivity contribution < 1.29 is 14.4 Å². The van der Waals surface area contributed by atoms with Crippen LogP contribution in [0.1, 0.15) is 36.0 Å². The van der Waals surface area contributed by atoms with Gasteiger partial charge >= 0.3 is 6.03 Å². The van der Waals surface area contributed by atoms with Crippen molar-refractivity contribution in [2.75, 3.05) is 38.0 Å². The summed E-state index contributed by atoms with van der Waals surface area (Å²) in [7, 11) is 0. The summed E-state index contributed by atoms with van der Waals surface area (Å²) in [5.41, 5.74) is 1.16. The van der Waals surface area contributed by atoms with Gasteiger partial charge in [-0.1, -0.05) is 6.07 Å². The number of urea groups is 1. The fraction of sp³-hybridized carbons (Fsp3) is 0.550. The van der Waals surface area contributed by atoms with Gasteiger partial charge in [0.05, 0.1) is 6.54 Å². The number of piperidine rings is 1. The van der Waals surface area contributed by atoms with E-state index in [1.54, 1.807) is 24.3 Å². The van der Waals surface area contributed by atoms with Gasteiger partial charge in [-0.2, -0.15) is 0 Å². The molecule has 3 fully saturated rings. The molecule has 3 N–H and O–H groups in total. The summed E-state index contributed by atoms with van der Waals surface area (Å²) in [6, 6.07) is 7.17. The van der Waals surface area contributed by atoms with Gasteiger partial charge in [0.15, 0.2) is 0 Å². The second kappa shape index (κ2) is 9.45. The summed E-state index contributed by atoms with van der Waals surface area (Å²) in [5, 5.41) is 8.76. The molecule has 3 aliphatic rings. The minimum Gasteiger partial charge on any atom is -0.337 e. The average Bonchev–Trinajstić information content (AvgIpc) is 3.52. The molecule has 2 heterocycles. The van der Waals surface area contributed by atoms with Crippen molar-refractivity contribution >= 4 is 35.9 Å². The largest absolute Gasteiger partial charge is 0.337 e. The van der Waals surface area contributed by atoms with Gasteiger partial charge in [-0.15, -0.1) is 12.4 Å². The fourth-order valence-corrected chi connectivity index (χ4v) is 3.89. The molecule has 29 heavy (non-hydrogen) atoms. The highest BCUT2D eigenvalue weighted by Gasteiger charge is 2.32. The van der Waals surface area contributed by atoms with Crippen LogP contribution in [-0.4, -0.2) is 72.5 Å². The Balaban J connectivity index is 0.00000240. The van der Waals surface area contributed by atoms with Crippen LogP contribution in [0.15, 0.2) is 24.3 Å². The fourth-order valence-electron chi connectivity index (χ4n) is 3.89. The normalized spacial score (nSPS) is 21.9. The predicted octanol–water partition coefficient (Wildman–Crippen LogP) is 1.43. The van der Waals surface area contributed by atoms with Crippen LogP contribution in [0.3, 0.4) is 0 Å². The molecule has 1 atom stereocenters. The third-order valence-corrected chi connectivity index (χ3v) is 5.53. The molecule has 158 valence electrons. The van der Waals surface area contributed by atoms with Crippen LogP contribution < -0.4 is 16.0 Å². The van der Waals surface area contributed by atoms with Gasteiger partial charge in [-0.25, -0.2) is 4.79 Å². The van der Waals surface area contributed by atoms with Crippen LogP contribution in [0.25, 0.3) is 0 Å². The predicted molar refractivity (Wildman–Crippen MR) is 112 cm³/mol. The van der Waals surface area contributed by atoms with Crippen LogP contribution in [0.2, 0.25) is 0 Å². The number of nitrogens with zero attached hydrogens (tertiary/aromatic N) is 2. The lowest BCUT2D eigenvalue weighted by atomic mass is 10.0. The Morgan fingerprint density at radius 3 is 2.72 bits per heavy atom. The molecule has 0 radical (unpaired) electrons. The quantitative estimate of drug-likeness (QED) is 0.685. The molecule has 2 aliphatic heterocycles. The van der Waals surface area contributed by atoms with E-state index in [4.69, 9.17) is 0 Å². The van der Waals surface area contributed by atoms with Crippen LogP contribution in [0, 0.1) is 0 Å². The first-order valence-electron chi connectivity index (χ1n) is 10.1. The van der Waals surface area contributed by atoms with Crippen LogP contribution in [-0.2, 0) is 4.79 Å². The third-order valence-electron chi connectivity index (χ3n) is 5.53. The lowest BCUT2D eigenvalue weighted by Crippen LogP contribution is -2.57. The highest BCUT2D eigenvalue weighted by atomic mass is 35.5. The van der Waals surface area contributed by atoms with Crippen molar-refractivity contribution in [3.05, 3.63) is 29.8 Å². The maximum absolute atomic E-state index is 13.0. The van der Waals surface area contributed by atoms with Gasteiger partial charge in [0.2, 0.25) is 5.91 Å².